The van der Waals surface area contributed by atoms with Crippen LogP contribution in [-0.4, -0.2) is 68.3 Å². The molecule has 2 unspecified atom stereocenters. The average molecular weight is 333 g/mol. The molecule has 1 aromatic carbocycles. The van der Waals surface area contributed by atoms with Gasteiger partial charge in [-0.25, -0.2) is 0 Å². The van der Waals surface area contributed by atoms with Crippen molar-refractivity contribution >= 4 is 11.8 Å². The molecule has 2 N–H and O–H groups in total. The highest BCUT2D eigenvalue weighted by molar-refractivity contribution is 5.84. The van der Waals surface area contributed by atoms with Crippen LogP contribution in [0.4, 0.5) is 0 Å². The van der Waals surface area contributed by atoms with Gasteiger partial charge in [0.05, 0.1) is 19.2 Å². The minimum Gasteiger partial charge on any atom is -0.492 e. The lowest BCUT2D eigenvalue weighted by atomic mass is 10.2. The number of carbonyl (C=O) groups excluding carboxylic acids is 2. The normalized spacial score (nSPS) is 24.0. The van der Waals surface area contributed by atoms with Gasteiger partial charge in [-0.3, -0.25) is 9.59 Å². The number of amides is 2. The van der Waals surface area contributed by atoms with Crippen LogP contribution in [0.2, 0.25) is 0 Å². The van der Waals surface area contributed by atoms with Crippen LogP contribution < -0.4 is 15.4 Å². The number of nitrogens with one attached hydrogen (secondary N) is 2. The van der Waals surface area contributed by atoms with Crippen molar-refractivity contribution < 1.29 is 19.1 Å². The smallest absolute Gasteiger partial charge is 0.250 e. The molecule has 0 radical (unpaired) electrons. The van der Waals surface area contributed by atoms with Crippen LogP contribution in [0.25, 0.3) is 0 Å². The predicted octanol–water partition coefficient (Wildman–Crippen LogP) is -0.229. The number of carbonyl (C=O) groups is 2. The van der Waals surface area contributed by atoms with Gasteiger partial charge in [0.25, 0.3) is 5.91 Å². The first-order valence-electron chi connectivity index (χ1n) is 8.30. The second-order valence-electron chi connectivity index (χ2n) is 5.97. The van der Waals surface area contributed by atoms with E-state index < -0.39 is 6.10 Å². The summed E-state index contributed by atoms with van der Waals surface area (Å²) in [6.07, 6.45) is -0.138. The molecule has 3 rings (SSSR count). The van der Waals surface area contributed by atoms with Crippen molar-refractivity contribution in [2.75, 3.05) is 39.4 Å². The van der Waals surface area contributed by atoms with Gasteiger partial charge in [-0.05, 0) is 12.1 Å². The summed E-state index contributed by atoms with van der Waals surface area (Å²) >= 11 is 0. The van der Waals surface area contributed by atoms with Crippen molar-refractivity contribution in [3.63, 3.8) is 0 Å². The van der Waals surface area contributed by atoms with E-state index in [1.807, 2.05) is 30.3 Å². The maximum atomic E-state index is 12.1. The Kier molecular flexibility index (Phi) is 5.66. The largest absolute Gasteiger partial charge is 0.492 e. The van der Waals surface area contributed by atoms with Crippen molar-refractivity contribution in [1.82, 2.24) is 15.5 Å². The SMILES string of the molecule is O=C(NC1CC(=O)N(CCOc2ccccc2)C1)C1CNCCO1. The summed E-state index contributed by atoms with van der Waals surface area (Å²) in [6.45, 7) is 3.28. The van der Waals surface area contributed by atoms with Gasteiger partial charge in [0.15, 0.2) is 0 Å². The lowest BCUT2D eigenvalue weighted by Crippen LogP contribution is -2.50. The molecule has 0 aromatic heterocycles. The third-order valence-electron chi connectivity index (χ3n) is 4.15. The quantitative estimate of drug-likeness (QED) is 0.752. The van der Waals surface area contributed by atoms with Gasteiger partial charge in [-0.15, -0.1) is 0 Å². The number of ether oxygens (including phenoxy) is 2. The molecular weight excluding hydrogens is 310 g/mol. The number of rotatable bonds is 6. The molecule has 2 aliphatic heterocycles. The first-order valence-corrected chi connectivity index (χ1v) is 8.30. The minimum atomic E-state index is -0.468. The average Bonchev–Trinajstić information content (AvgIpc) is 2.96. The van der Waals surface area contributed by atoms with Crippen molar-refractivity contribution in [2.45, 2.75) is 18.6 Å². The zero-order chi connectivity index (χ0) is 16.8. The molecule has 2 atom stereocenters. The van der Waals surface area contributed by atoms with Gasteiger partial charge >= 0.3 is 0 Å². The number of morpholine rings is 1. The maximum absolute atomic E-state index is 12.1. The molecule has 0 bridgehead atoms. The summed E-state index contributed by atoms with van der Waals surface area (Å²) in [7, 11) is 0. The number of para-hydroxylation sites is 1. The second kappa shape index (κ2) is 8.12. The van der Waals surface area contributed by atoms with E-state index in [0.29, 0.717) is 39.3 Å². The first-order chi connectivity index (χ1) is 11.7. The summed E-state index contributed by atoms with van der Waals surface area (Å²) in [5.74, 6) is 0.679. The van der Waals surface area contributed by atoms with E-state index in [-0.39, 0.29) is 17.9 Å². The number of nitrogens with zero attached hydrogens (tertiary/aromatic N) is 1. The fraction of sp³-hybridized carbons (Fsp3) is 0.529. The van der Waals surface area contributed by atoms with Crippen molar-refractivity contribution in [1.29, 1.82) is 0 Å². The Morgan fingerprint density at radius 1 is 1.38 bits per heavy atom. The van der Waals surface area contributed by atoms with Gasteiger partial charge in [0.2, 0.25) is 5.91 Å². The van der Waals surface area contributed by atoms with Crippen molar-refractivity contribution in [3.8, 4) is 5.75 Å². The standard InChI is InChI=1S/C17H23N3O4/c21-16-10-13(19-17(22)15-11-18-6-8-24-15)12-20(16)7-9-23-14-4-2-1-3-5-14/h1-5,13,15,18H,6-12H2,(H,19,22). The van der Waals surface area contributed by atoms with E-state index in [9.17, 15) is 9.59 Å². The number of likely N-dealkylation sites (tertiary alicyclic amines) is 1. The van der Waals surface area contributed by atoms with Crippen LogP contribution in [0.5, 0.6) is 5.75 Å². The highest BCUT2D eigenvalue weighted by Crippen LogP contribution is 2.13. The molecule has 130 valence electrons. The van der Waals surface area contributed by atoms with Gasteiger partial charge < -0.3 is 25.0 Å². The molecular formula is C17H23N3O4. The summed E-state index contributed by atoms with van der Waals surface area (Å²) in [5, 5.41) is 6.03. The summed E-state index contributed by atoms with van der Waals surface area (Å²) < 4.78 is 11.0. The van der Waals surface area contributed by atoms with E-state index >= 15 is 0 Å². The fourth-order valence-corrected chi connectivity index (χ4v) is 2.90. The molecule has 2 heterocycles. The highest BCUT2D eigenvalue weighted by atomic mass is 16.5. The third-order valence-corrected chi connectivity index (χ3v) is 4.15. The number of hydrogen-bond acceptors (Lipinski definition) is 5. The first kappa shape index (κ1) is 16.7. The molecule has 24 heavy (non-hydrogen) atoms. The predicted molar refractivity (Wildman–Crippen MR) is 87.7 cm³/mol. The summed E-state index contributed by atoms with van der Waals surface area (Å²) in [5.41, 5.74) is 0. The molecule has 7 heteroatoms. The molecule has 2 saturated heterocycles. The van der Waals surface area contributed by atoms with E-state index in [1.54, 1.807) is 4.90 Å². The molecule has 0 aliphatic carbocycles. The molecule has 2 fully saturated rings. The van der Waals surface area contributed by atoms with Crippen LogP contribution in [0.1, 0.15) is 6.42 Å². The molecule has 2 aliphatic rings. The Labute approximate surface area is 141 Å². The van der Waals surface area contributed by atoms with Crippen LogP contribution in [0.3, 0.4) is 0 Å². The van der Waals surface area contributed by atoms with Crippen LogP contribution in [0.15, 0.2) is 30.3 Å². The number of hydrogen-bond donors (Lipinski definition) is 2. The molecule has 2 amide bonds. The fourth-order valence-electron chi connectivity index (χ4n) is 2.90. The summed E-state index contributed by atoms with van der Waals surface area (Å²) in [4.78, 5) is 25.9. The molecule has 1 aromatic rings. The maximum Gasteiger partial charge on any atom is 0.250 e. The Bertz CT molecular complexity index is 560. The minimum absolute atomic E-state index is 0.0413. The van der Waals surface area contributed by atoms with Crippen molar-refractivity contribution in [3.05, 3.63) is 30.3 Å². The molecule has 7 nitrogen and oxygen atoms in total. The van der Waals surface area contributed by atoms with Gasteiger partial charge in [-0.1, -0.05) is 18.2 Å². The lowest BCUT2D eigenvalue weighted by Gasteiger charge is -2.24. The Morgan fingerprint density at radius 2 is 2.21 bits per heavy atom. The lowest BCUT2D eigenvalue weighted by molar-refractivity contribution is -0.134. The van der Waals surface area contributed by atoms with Crippen molar-refractivity contribution in [2.24, 2.45) is 0 Å². The Hall–Kier alpha value is -2.12. The zero-order valence-corrected chi connectivity index (χ0v) is 13.6. The van der Waals surface area contributed by atoms with Gasteiger partial charge in [0.1, 0.15) is 18.5 Å². The van der Waals surface area contributed by atoms with Gasteiger partial charge in [0, 0.05) is 26.1 Å². The third kappa shape index (κ3) is 4.46. The highest BCUT2D eigenvalue weighted by Gasteiger charge is 2.32. The van der Waals surface area contributed by atoms with E-state index in [2.05, 4.69) is 10.6 Å². The second-order valence-corrected chi connectivity index (χ2v) is 5.97. The van der Waals surface area contributed by atoms with E-state index in [4.69, 9.17) is 9.47 Å². The monoisotopic (exact) mass is 333 g/mol. The summed E-state index contributed by atoms with van der Waals surface area (Å²) in [6, 6.07) is 9.34. The zero-order valence-electron chi connectivity index (χ0n) is 13.6. The Morgan fingerprint density at radius 3 is 2.96 bits per heavy atom. The van der Waals surface area contributed by atoms with E-state index in [1.165, 1.54) is 0 Å². The topological polar surface area (TPSA) is 79.9 Å². The van der Waals surface area contributed by atoms with Crippen LogP contribution in [0, 0.1) is 0 Å². The van der Waals surface area contributed by atoms with Gasteiger partial charge in [-0.2, -0.15) is 0 Å². The van der Waals surface area contributed by atoms with Crippen LogP contribution >= 0.6 is 0 Å². The van der Waals surface area contributed by atoms with Crippen LogP contribution in [-0.2, 0) is 14.3 Å². The molecule has 0 spiro atoms. The molecule has 0 saturated carbocycles. The van der Waals surface area contributed by atoms with E-state index in [0.717, 1.165) is 12.3 Å². The Balaban J connectivity index is 1.41. The number of benzene rings is 1.